The van der Waals surface area contributed by atoms with Gasteiger partial charge in [-0.3, -0.25) is 0 Å². The van der Waals surface area contributed by atoms with Crippen LogP contribution in [0.25, 0.3) is 0 Å². The minimum atomic E-state index is -0.896. The normalized spacial score (nSPS) is 7.71. The van der Waals surface area contributed by atoms with E-state index in [-0.39, 0.29) is 11.7 Å². The Bertz CT molecular complexity index is 17.3. The van der Waals surface area contributed by atoms with E-state index in [0.717, 1.165) is 0 Å². The SMILES string of the molecule is [Br][GeH][Br].[Br][Ge]([Br])[Br]. The number of hydrogen-bond acceptors (Lipinski definition) is 0. The number of rotatable bonds is 0. The monoisotopic (exact) mass is 543 g/mol. The Morgan fingerprint density at radius 3 is 1.00 bits per heavy atom. The van der Waals surface area contributed by atoms with Gasteiger partial charge in [0.1, 0.15) is 0 Å². The molecule has 2 radical (unpaired) electrons. The molecule has 0 aromatic heterocycles. The molecule has 0 amide bonds. The fourth-order valence-electron chi connectivity index (χ4n) is 0. The fraction of sp³-hybridized carbons (Fsp3) is 0. The van der Waals surface area contributed by atoms with Gasteiger partial charge in [0, 0.05) is 0 Å². The standard InChI is InChI=1S/Br3Ge.Br2GeH/c1-4(2)3;1-3-2/h;3H. The molecule has 0 atom stereocenters. The molecule has 0 bridgehead atoms. The summed E-state index contributed by atoms with van der Waals surface area (Å²) in [5.41, 5.74) is 0. The Morgan fingerprint density at radius 1 is 1.00 bits per heavy atom. The molecule has 0 spiro atoms. The Kier molecular flexibility index (Phi) is 22.8. The molecule has 0 aromatic carbocycles. The summed E-state index contributed by atoms with van der Waals surface area (Å²) >= 11 is 16.2. The number of halogens is 5. The van der Waals surface area contributed by atoms with Crippen LogP contribution in [0.2, 0.25) is 0 Å². The van der Waals surface area contributed by atoms with Crippen molar-refractivity contribution in [3.8, 4) is 0 Å². The van der Waals surface area contributed by atoms with Crippen LogP contribution in [0.15, 0.2) is 0 Å². The van der Waals surface area contributed by atoms with Gasteiger partial charge in [0.2, 0.25) is 0 Å². The second kappa shape index (κ2) is 12.2. The van der Waals surface area contributed by atoms with Gasteiger partial charge in [-0.25, -0.2) is 0 Å². The molecule has 44 valence electrons. The molecule has 7 heavy (non-hydrogen) atoms. The first-order valence-electron chi connectivity index (χ1n) is 1.00. The first-order chi connectivity index (χ1) is 3.15. The molecular formula is HBr5Ge2. The Hall–Kier alpha value is 3.49. The molecule has 0 saturated carbocycles. The summed E-state index contributed by atoms with van der Waals surface area (Å²) in [4.78, 5) is 0. The first-order valence-corrected chi connectivity index (χ1v) is 27.1. The van der Waals surface area contributed by atoms with Crippen molar-refractivity contribution in [3.63, 3.8) is 0 Å². The van der Waals surface area contributed by atoms with Gasteiger partial charge < -0.3 is 0 Å². The van der Waals surface area contributed by atoms with Crippen molar-refractivity contribution in [2.45, 2.75) is 0 Å². The van der Waals surface area contributed by atoms with E-state index in [0.29, 0.717) is 0 Å². The molecule has 0 aliphatic heterocycles. The number of hydrogen-bond donors (Lipinski definition) is 0. The Morgan fingerprint density at radius 2 is 1.00 bits per heavy atom. The first kappa shape index (κ1) is 13.1. The van der Waals surface area contributed by atoms with Crippen LogP contribution >= 0.6 is 70.0 Å². The third-order valence-electron chi connectivity index (χ3n) is 0. The zero-order valence-corrected chi connectivity index (χ0v) is 15.4. The summed E-state index contributed by atoms with van der Waals surface area (Å²) in [6.45, 7) is 0. The van der Waals surface area contributed by atoms with Crippen LogP contribution < -0.4 is 0 Å². The van der Waals surface area contributed by atoms with Gasteiger partial charge in [-0.2, -0.15) is 0 Å². The van der Waals surface area contributed by atoms with E-state index in [1.54, 1.807) is 0 Å². The van der Waals surface area contributed by atoms with Crippen LogP contribution in [-0.4, -0.2) is 20.6 Å². The summed E-state index contributed by atoms with van der Waals surface area (Å²) in [6.07, 6.45) is 0. The van der Waals surface area contributed by atoms with Crippen molar-refractivity contribution in [1.82, 2.24) is 0 Å². The van der Waals surface area contributed by atoms with Crippen molar-refractivity contribution in [1.29, 1.82) is 0 Å². The molecule has 0 saturated heterocycles. The zero-order chi connectivity index (χ0) is 6.28. The quantitative estimate of drug-likeness (QED) is 0.411. The van der Waals surface area contributed by atoms with Gasteiger partial charge >= 0.3 is 90.6 Å². The molecule has 0 nitrogen and oxygen atoms in total. The van der Waals surface area contributed by atoms with Crippen molar-refractivity contribution >= 4 is 90.6 Å². The van der Waals surface area contributed by atoms with Gasteiger partial charge in [0.15, 0.2) is 0 Å². The van der Waals surface area contributed by atoms with Crippen molar-refractivity contribution in [2.24, 2.45) is 0 Å². The average molecular weight is 546 g/mol. The van der Waals surface area contributed by atoms with Crippen molar-refractivity contribution < 1.29 is 0 Å². The summed E-state index contributed by atoms with van der Waals surface area (Å²) in [7, 11) is -0.896. The van der Waals surface area contributed by atoms with Crippen LogP contribution in [0.5, 0.6) is 0 Å². The van der Waals surface area contributed by atoms with Gasteiger partial charge in [-0.05, 0) is 0 Å². The van der Waals surface area contributed by atoms with Gasteiger partial charge in [-0.15, -0.1) is 0 Å². The summed E-state index contributed by atoms with van der Waals surface area (Å²) in [6, 6.07) is 0. The van der Waals surface area contributed by atoms with Gasteiger partial charge in [0.05, 0.1) is 0 Å². The van der Waals surface area contributed by atoms with Gasteiger partial charge in [0.25, 0.3) is 0 Å². The Balaban J connectivity index is 0. The third-order valence-corrected chi connectivity index (χ3v) is 0. The van der Waals surface area contributed by atoms with E-state index in [9.17, 15) is 0 Å². The molecule has 0 unspecified atom stereocenters. The van der Waals surface area contributed by atoms with E-state index >= 15 is 0 Å². The second-order valence-electron chi connectivity index (χ2n) is 0.297. The maximum absolute atomic E-state index is 3.27. The molecule has 0 aliphatic carbocycles. The second-order valence-corrected chi connectivity index (χ2v) is 41.6. The van der Waals surface area contributed by atoms with E-state index in [1.165, 1.54) is 0 Å². The molecular weight excluding hydrogens is 545 g/mol. The van der Waals surface area contributed by atoms with Crippen LogP contribution in [0, 0.1) is 0 Å². The molecule has 0 aliphatic rings. The fourth-order valence-corrected chi connectivity index (χ4v) is 0. The van der Waals surface area contributed by atoms with Crippen molar-refractivity contribution in [3.05, 3.63) is 0 Å². The summed E-state index contributed by atoms with van der Waals surface area (Å²) in [5, 5.41) is 0. The average Bonchev–Trinajstić information content (AvgIpc) is 1.33. The molecule has 0 rings (SSSR count). The zero-order valence-electron chi connectivity index (χ0n) is 2.97. The summed E-state index contributed by atoms with van der Waals surface area (Å²) < 4.78 is 0. The topological polar surface area (TPSA) is 0 Å². The maximum atomic E-state index is 3.27. The predicted octanol–water partition coefficient (Wildman–Crippen LogP) is 3.20. The van der Waals surface area contributed by atoms with Gasteiger partial charge in [-0.1, -0.05) is 0 Å². The van der Waals surface area contributed by atoms with E-state index < -0.39 is 8.82 Å². The minimum absolute atomic E-state index is 0.0625. The molecule has 0 fully saturated rings. The van der Waals surface area contributed by atoms with Crippen LogP contribution in [0.4, 0.5) is 0 Å². The molecule has 7 heteroatoms. The van der Waals surface area contributed by atoms with E-state index in [1.807, 2.05) is 0 Å². The van der Waals surface area contributed by atoms with Crippen LogP contribution in [0.3, 0.4) is 0 Å². The van der Waals surface area contributed by atoms with Crippen LogP contribution in [0.1, 0.15) is 0 Å². The molecule has 0 heterocycles. The third kappa shape index (κ3) is 43.7. The molecule has 0 N–H and O–H groups in total. The summed E-state index contributed by atoms with van der Waals surface area (Å²) in [5.74, 6) is 0. The van der Waals surface area contributed by atoms with E-state index in [4.69, 9.17) is 0 Å². The van der Waals surface area contributed by atoms with Crippen LogP contribution in [-0.2, 0) is 0 Å². The van der Waals surface area contributed by atoms with E-state index in [2.05, 4.69) is 70.0 Å². The Labute approximate surface area is 88.6 Å². The van der Waals surface area contributed by atoms with Crippen molar-refractivity contribution in [2.75, 3.05) is 0 Å². The predicted molar refractivity (Wildman–Crippen MR) is 57.5 cm³/mol. The molecule has 0 aromatic rings.